The zero-order chi connectivity index (χ0) is 21.9. The fourth-order valence-electron chi connectivity index (χ4n) is 5.81. The van der Waals surface area contributed by atoms with E-state index in [2.05, 4.69) is 30.3 Å². The lowest BCUT2D eigenvalue weighted by Gasteiger charge is -2.55. The number of carbonyl (C=O) groups excluding carboxylic acids is 1. The topological polar surface area (TPSA) is 49.8 Å². The van der Waals surface area contributed by atoms with Crippen LogP contribution >= 0.6 is 0 Å². The van der Waals surface area contributed by atoms with E-state index >= 15 is 0 Å². The summed E-state index contributed by atoms with van der Waals surface area (Å²) >= 11 is 0. The summed E-state index contributed by atoms with van der Waals surface area (Å²) in [5, 5.41) is 11.9. The maximum atomic E-state index is 12.0. The van der Waals surface area contributed by atoms with Crippen LogP contribution < -0.4 is 4.74 Å². The molecule has 0 heterocycles. The van der Waals surface area contributed by atoms with Gasteiger partial charge in [0.25, 0.3) is 0 Å². The number of amides is 1. The van der Waals surface area contributed by atoms with Crippen molar-refractivity contribution in [2.24, 2.45) is 0 Å². The Hall–Kier alpha value is -2.33. The number of aliphatic hydroxyl groups is 1. The van der Waals surface area contributed by atoms with Crippen LogP contribution in [-0.2, 0) is 23.2 Å². The van der Waals surface area contributed by atoms with Crippen molar-refractivity contribution >= 4 is 5.91 Å². The summed E-state index contributed by atoms with van der Waals surface area (Å²) in [6, 6.07) is 16.6. The minimum absolute atomic E-state index is 0.106. The lowest BCUT2D eigenvalue weighted by molar-refractivity contribution is -0.130. The Labute approximate surface area is 186 Å². The van der Waals surface area contributed by atoms with Crippen molar-refractivity contribution in [3.8, 4) is 5.75 Å². The van der Waals surface area contributed by atoms with Gasteiger partial charge in [0.1, 0.15) is 12.4 Å². The summed E-state index contributed by atoms with van der Waals surface area (Å²) in [4.78, 5) is 13.9. The second kappa shape index (κ2) is 9.04. The molecule has 1 amide bonds. The number of carbonyl (C=O) groups is 1. The van der Waals surface area contributed by atoms with E-state index in [9.17, 15) is 9.90 Å². The number of hydrogen-bond donors (Lipinski definition) is 1. The quantitative estimate of drug-likeness (QED) is 0.683. The molecule has 1 saturated carbocycles. The highest BCUT2D eigenvalue weighted by molar-refractivity contribution is 5.73. The Morgan fingerprint density at radius 2 is 1.87 bits per heavy atom. The van der Waals surface area contributed by atoms with Gasteiger partial charge in [-0.25, -0.2) is 0 Å². The van der Waals surface area contributed by atoms with E-state index in [0.717, 1.165) is 56.3 Å². The third kappa shape index (κ3) is 4.23. The molecule has 0 bridgehead atoms. The molecule has 2 aromatic rings. The second-order valence-corrected chi connectivity index (χ2v) is 9.26. The van der Waals surface area contributed by atoms with E-state index < -0.39 is 5.60 Å². The summed E-state index contributed by atoms with van der Waals surface area (Å²) < 4.78 is 6.15. The molecule has 166 valence electrons. The minimum atomic E-state index is -0.702. The van der Waals surface area contributed by atoms with Crippen LogP contribution in [0.4, 0.5) is 0 Å². The summed E-state index contributed by atoms with van der Waals surface area (Å²) in [6.07, 6.45) is 6.49. The fraction of sp³-hybridized carbons (Fsp3) is 0.519. The average molecular weight is 422 g/mol. The molecule has 2 aromatic carbocycles. The highest BCUT2D eigenvalue weighted by Gasteiger charge is 2.55. The first-order valence-corrected chi connectivity index (χ1v) is 11.8. The zero-order valence-corrected chi connectivity index (χ0v) is 18.9. The molecule has 0 aliphatic heterocycles. The predicted molar refractivity (Wildman–Crippen MR) is 123 cm³/mol. The Morgan fingerprint density at radius 1 is 1.10 bits per heavy atom. The maximum Gasteiger partial charge on any atom is 0.219 e. The van der Waals surface area contributed by atoms with E-state index in [1.807, 2.05) is 30.0 Å². The molecule has 4 nitrogen and oxygen atoms in total. The molecular weight excluding hydrogens is 386 g/mol. The third-order valence-corrected chi connectivity index (χ3v) is 7.62. The van der Waals surface area contributed by atoms with Crippen molar-refractivity contribution in [2.75, 3.05) is 13.1 Å². The highest BCUT2D eigenvalue weighted by atomic mass is 16.5. The van der Waals surface area contributed by atoms with Crippen LogP contribution in [-0.4, -0.2) is 34.6 Å². The number of rotatable bonds is 7. The highest BCUT2D eigenvalue weighted by Crippen LogP contribution is 2.55. The van der Waals surface area contributed by atoms with Gasteiger partial charge >= 0.3 is 0 Å². The molecule has 1 N–H and O–H groups in total. The Kier molecular flexibility index (Phi) is 6.38. The largest absolute Gasteiger partial charge is 0.489 e. The van der Waals surface area contributed by atoms with Crippen LogP contribution in [0, 0.1) is 0 Å². The van der Waals surface area contributed by atoms with E-state index in [0.29, 0.717) is 19.7 Å². The van der Waals surface area contributed by atoms with Gasteiger partial charge in [0, 0.05) is 25.4 Å². The Balaban J connectivity index is 1.65. The SMILES string of the molecule is CCN(CC[C@]12CCCC[C@@]1(O)CCc1ccc(OCc3ccccc3)cc12)C(C)=O. The van der Waals surface area contributed by atoms with Crippen molar-refractivity contribution in [1.82, 2.24) is 4.90 Å². The molecule has 0 spiro atoms. The van der Waals surface area contributed by atoms with E-state index in [4.69, 9.17) is 4.74 Å². The van der Waals surface area contributed by atoms with Gasteiger partial charge in [0.2, 0.25) is 5.91 Å². The zero-order valence-electron chi connectivity index (χ0n) is 18.9. The second-order valence-electron chi connectivity index (χ2n) is 9.26. The molecule has 2 aliphatic rings. The van der Waals surface area contributed by atoms with Crippen LogP contribution in [0.3, 0.4) is 0 Å². The van der Waals surface area contributed by atoms with Crippen LogP contribution in [0.2, 0.25) is 0 Å². The van der Waals surface area contributed by atoms with Crippen LogP contribution in [0.1, 0.15) is 69.1 Å². The molecule has 0 unspecified atom stereocenters. The maximum absolute atomic E-state index is 12.0. The molecular formula is C27H35NO3. The lowest BCUT2D eigenvalue weighted by atomic mass is 9.53. The van der Waals surface area contributed by atoms with Gasteiger partial charge in [-0.1, -0.05) is 49.2 Å². The van der Waals surface area contributed by atoms with Gasteiger partial charge in [-0.2, -0.15) is 0 Å². The summed E-state index contributed by atoms with van der Waals surface area (Å²) in [7, 11) is 0. The number of aryl methyl sites for hydroxylation is 1. The number of ether oxygens (including phenoxy) is 1. The normalized spacial score (nSPS) is 24.7. The lowest BCUT2D eigenvalue weighted by Crippen LogP contribution is -2.57. The fourth-order valence-corrected chi connectivity index (χ4v) is 5.81. The van der Waals surface area contributed by atoms with Crippen molar-refractivity contribution in [3.05, 3.63) is 65.2 Å². The molecule has 0 aromatic heterocycles. The smallest absolute Gasteiger partial charge is 0.219 e. The van der Waals surface area contributed by atoms with Crippen molar-refractivity contribution in [1.29, 1.82) is 0 Å². The molecule has 0 saturated heterocycles. The summed E-state index contributed by atoms with van der Waals surface area (Å²) in [5.41, 5.74) is 2.69. The monoisotopic (exact) mass is 421 g/mol. The Bertz CT molecular complexity index is 912. The van der Waals surface area contributed by atoms with Gasteiger partial charge in [0.05, 0.1) is 5.60 Å². The number of benzene rings is 2. The van der Waals surface area contributed by atoms with Gasteiger partial charge in [-0.3, -0.25) is 4.79 Å². The molecule has 31 heavy (non-hydrogen) atoms. The van der Waals surface area contributed by atoms with E-state index in [1.54, 1.807) is 6.92 Å². The standard InChI is InChI=1S/C27H35NO3/c1-3-28(21(2)29)18-17-26-14-7-8-15-27(26,30)16-13-23-11-12-24(19-25(23)26)31-20-22-9-5-4-6-10-22/h4-6,9-12,19,30H,3,7-8,13-18,20H2,1-2H3/t26-,27+/m0/s1. The minimum Gasteiger partial charge on any atom is -0.489 e. The molecule has 1 fully saturated rings. The van der Waals surface area contributed by atoms with Gasteiger partial charge in [-0.05, 0) is 67.9 Å². The number of fused-ring (bicyclic) bond motifs is 3. The Morgan fingerprint density at radius 3 is 2.61 bits per heavy atom. The summed E-state index contributed by atoms with van der Waals surface area (Å²) in [5.74, 6) is 0.963. The molecule has 4 heteroatoms. The molecule has 2 atom stereocenters. The predicted octanol–water partition coefficient (Wildman–Crippen LogP) is 5.01. The van der Waals surface area contributed by atoms with Gasteiger partial charge in [-0.15, -0.1) is 0 Å². The van der Waals surface area contributed by atoms with Crippen LogP contribution in [0.25, 0.3) is 0 Å². The first-order valence-electron chi connectivity index (χ1n) is 11.8. The molecule has 2 aliphatic carbocycles. The van der Waals surface area contributed by atoms with Crippen molar-refractivity contribution in [2.45, 2.75) is 76.4 Å². The van der Waals surface area contributed by atoms with Crippen LogP contribution in [0.15, 0.2) is 48.5 Å². The number of hydrogen-bond acceptors (Lipinski definition) is 3. The first-order chi connectivity index (χ1) is 15.0. The van der Waals surface area contributed by atoms with Crippen molar-refractivity contribution in [3.63, 3.8) is 0 Å². The van der Waals surface area contributed by atoms with Gasteiger partial charge in [0.15, 0.2) is 0 Å². The van der Waals surface area contributed by atoms with Crippen LogP contribution in [0.5, 0.6) is 5.75 Å². The van der Waals surface area contributed by atoms with Crippen molar-refractivity contribution < 1.29 is 14.6 Å². The average Bonchev–Trinajstić information content (AvgIpc) is 2.78. The molecule has 4 rings (SSSR count). The third-order valence-electron chi connectivity index (χ3n) is 7.62. The number of nitrogens with zero attached hydrogens (tertiary/aromatic N) is 1. The first kappa shape index (κ1) is 21.9. The van der Waals surface area contributed by atoms with E-state index in [-0.39, 0.29) is 11.3 Å². The summed E-state index contributed by atoms with van der Waals surface area (Å²) in [6.45, 7) is 5.58. The molecule has 0 radical (unpaired) electrons. The van der Waals surface area contributed by atoms with Gasteiger partial charge < -0.3 is 14.7 Å². The van der Waals surface area contributed by atoms with E-state index in [1.165, 1.54) is 11.1 Å².